The Kier molecular flexibility index (Phi) is 16.5. The van der Waals surface area contributed by atoms with Gasteiger partial charge >= 0.3 is 0 Å². The van der Waals surface area contributed by atoms with E-state index in [9.17, 15) is 38.4 Å². The first-order chi connectivity index (χ1) is 17.7. The lowest BCUT2D eigenvalue weighted by molar-refractivity contribution is -0.132. The van der Waals surface area contributed by atoms with Gasteiger partial charge in [0.2, 0.25) is 17.7 Å². The van der Waals surface area contributed by atoms with Crippen LogP contribution in [0, 0.1) is 0 Å². The molecule has 12 nitrogen and oxygen atoms in total. The summed E-state index contributed by atoms with van der Waals surface area (Å²) in [6.45, 7) is 6.71. The van der Waals surface area contributed by atoms with Crippen molar-refractivity contribution < 1.29 is 38.4 Å². The highest BCUT2D eigenvalue weighted by Gasteiger charge is 2.28. The van der Waals surface area contributed by atoms with Crippen molar-refractivity contribution in [3.63, 3.8) is 0 Å². The highest BCUT2D eigenvalue weighted by molar-refractivity contribution is 5.92. The van der Waals surface area contributed by atoms with Gasteiger partial charge in [-0.3, -0.25) is 24.0 Å². The smallest absolute Gasteiger partial charge is 0.242 e. The Bertz CT molecular complexity index is 902. The fraction of sp³-hybridized carbons (Fsp3) is 0.692. The molecule has 0 aromatic carbocycles. The Morgan fingerprint density at radius 3 is 1.39 bits per heavy atom. The van der Waals surface area contributed by atoms with E-state index in [4.69, 9.17) is 0 Å². The molecule has 0 heterocycles. The van der Waals surface area contributed by atoms with Crippen molar-refractivity contribution in [2.75, 3.05) is 7.05 Å². The first-order valence-corrected chi connectivity index (χ1v) is 12.7. The van der Waals surface area contributed by atoms with Crippen LogP contribution in [0.2, 0.25) is 0 Å². The van der Waals surface area contributed by atoms with E-state index in [1.807, 2.05) is 0 Å². The number of amides is 3. The van der Waals surface area contributed by atoms with Gasteiger partial charge in [-0.25, -0.2) is 0 Å². The molecule has 4 N–H and O–H groups in total. The van der Waals surface area contributed by atoms with Crippen molar-refractivity contribution in [2.24, 2.45) is 0 Å². The van der Waals surface area contributed by atoms with Crippen LogP contribution in [0.4, 0.5) is 0 Å². The standard InChI is InChI=1S/C26H42N4O8/c1-15(31)7-10-21(19(5)35)29-24(36)14-20(13-18(4)34)28-26(38)23(12-9-17(3)33)30-25(37)22(27-6)11-8-16(2)32/h20-23,27H,7-14H2,1-6H3,(H,28,38)(H,29,36)(H,30,37). The summed E-state index contributed by atoms with van der Waals surface area (Å²) >= 11 is 0. The second-order valence-corrected chi connectivity index (χ2v) is 9.67. The fourth-order valence-electron chi connectivity index (χ4n) is 3.67. The molecule has 0 radical (unpaired) electrons. The summed E-state index contributed by atoms with van der Waals surface area (Å²) in [5.41, 5.74) is 0. The molecule has 4 unspecified atom stereocenters. The van der Waals surface area contributed by atoms with Crippen LogP contribution in [0.25, 0.3) is 0 Å². The highest BCUT2D eigenvalue weighted by atomic mass is 16.2. The topological polar surface area (TPSA) is 185 Å². The number of carbonyl (C=O) groups is 8. The van der Waals surface area contributed by atoms with Gasteiger partial charge in [-0.1, -0.05) is 0 Å². The van der Waals surface area contributed by atoms with Crippen molar-refractivity contribution in [2.45, 2.75) is 110 Å². The van der Waals surface area contributed by atoms with E-state index in [-0.39, 0.29) is 80.3 Å². The number of rotatable bonds is 20. The van der Waals surface area contributed by atoms with Gasteiger partial charge in [-0.15, -0.1) is 0 Å². The van der Waals surface area contributed by atoms with Crippen LogP contribution >= 0.6 is 0 Å². The molecule has 0 aromatic heterocycles. The number of ketones is 5. The predicted molar refractivity (Wildman–Crippen MR) is 139 cm³/mol. The largest absolute Gasteiger partial charge is 0.351 e. The van der Waals surface area contributed by atoms with E-state index in [1.54, 1.807) is 7.05 Å². The van der Waals surface area contributed by atoms with E-state index in [0.717, 1.165) is 0 Å². The third-order valence-corrected chi connectivity index (χ3v) is 5.79. The number of hydrogen-bond donors (Lipinski definition) is 4. The zero-order valence-electron chi connectivity index (χ0n) is 23.2. The van der Waals surface area contributed by atoms with Gasteiger partial charge in [0, 0.05) is 38.1 Å². The average Bonchev–Trinajstić information content (AvgIpc) is 2.78. The van der Waals surface area contributed by atoms with Gasteiger partial charge in [0.1, 0.15) is 29.2 Å². The van der Waals surface area contributed by atoms with E-state index < -0.39 is 41.9 Å². The summed E-state index contributed by atoms with van der Waals surface area (Å²) in [5, 5.41) is 10.5. The molecule has 0 aliphatic rings. The molecule has 0 bridgehead atoms. The quantitative estimate of drug-likeness (QED) is 0.167. The molecule has 12 heteroatoms. The van der Waals surface area contributed by atoms with E-state index >= 15 is 0 Å². The minimum atomic E-state index is -1.13. The summed E-state index contributed by atoms with van der Waals surface area (Å²) < 4.78 is 0. The van der Waals surface area contributed by atoms with Crippen LogP contribution in [0.15, 0.2) is 0 Å². The van der Waals surface area contributed by atoms with Crippen LogP contribution in [0.5, 0.6) is 0 Å². The molecule has 0 saturated carbocycles. The molecule has 0 aliphatic carbocycles. The van der Waals surface area contributed by atoms with Crippen molar-refractivity contribution >= 4 is 46.6 Å². The average molecular weight is 539 g/mol. The maximum Gasteiger partial charge on any atom is 0.242 e. The van der Waals surface area contributed by atoms with E-state index in [2.05, 4.69) is 21.3 Å². The third kappa shape index (κ3) is 15.7. The number of likely N-dealkylation sites (N-methyl/N-ethyl adjacent to an activating group) is 1. The first kappa shape index (κ1) is 34.7. The van der Waals surface area contributed by atoms with Gasteiger partial charge in [-0.05, 0) is 60.9 Å². The lowest BCUT2D eigenvalue weighted by Gasteiger charge is -2.25. The van der Waals surface area contributed by atoms with Gasteiger partial charge in [0.15, 0.2) is 5.78 Å². The molecular weight excluding hydrogens is 496 g/mol. The Morgan fingerprint density at radius 2 is 0.974 bits per heavy atom. The fourth-order valence-corrected chi connectivity index (χ4v) is 3.67. The zero-order valence-corrected chi connectivity index (χ0v) is 23.2. The van der Waals surface area contributed by atoms with Crippen molar-refractivity contribution in [1.82, 2.24) is 21.3 Å². The molecule has 3 amide bonds. The number of hydrogen-bond acceptors (Lipinski definition) is 9. The van der Waals surface area contributed by atoms with Crippen molar-refractivity contribution in [3.8, 4) is 0 Å². The number of carbonyl (C=O) groups excluding carboxylic acids is 8. The minimum absolute atomic E-state index is 0.00430. The summed E-state index contributed by atoms with van der Waals surface area (Å²) in [6, 6.07) is -3.69. The molecule has 0 aromatic rings. The van der Waals surface area contributed by atoms with Crippen molar-refractivity contribution in [3.05, 3.63) is 0 Å². The number of nitrogens with one attached hydrogen (secondary N) is 4. The van der Waals surface area contributed by atoms with Gasteiger partial charge < -0.3 is 35.7 Å². The molecule has 214 valence electrons. The summed E-state index contributed by atoms with van der Waals surface area (Å²) in [7, 11) is 1.54. The summed E-state index contributed by atoms with van der Waals surface area (Å²) in [6.07, 6.45) is 0.115. The van der Waals surface area contributed by atoms with Crippen LogP contribution < -0.4 is 21.3 Å². The molecule has 0 fully saturated rings. The molecule has 0 aliphatic heterocycles. The molecule has 38 heavy (non-hydrogen) atoms. The zero-order chi connectivity index (χ0) is 29.4. The monoisotopic (exact) mass is 538 g/mol. The lowest BCUT2D eigenvalue weighted by atomic mass is 10.0. The SMILES string of the molecule is CNC(CCC(C)=O)C(=O)NC(CCC(C)=O)C(=O)NC(CC(C)=O)CC(=O)NC(CCC(C)=O)C(C)=O. The van der Waals surface area contributed by atoms with Crippen molar-refractivity contribution in [1.29, 1.82) is 0 Å². The molecule has 0 rings (SSSR count). The molecular formula is C26H42N4O8. The third-order valence-electron chi connectivity index (χ3n) is 5.79. The molecule has 0 spiro atoms. The Labute approximate surface area is 223 Å². The first-order valence-electron chi connectivity index (χ1n) is 12.7. The van der Waals surface area contributed by atoms with Crippen LogP contribution in [0.3, 0.4) is 0 Å². The normalized spacial score (nSPS) is 13.8. The maximum absolute atomic E-state index is 13.1. The second-order valence-electron chi connectivity index (χ2n) is 9.67. The minimum Gasteiger partial charge on any atom is -0.351 e. The van der Waals surface area contributed by atoms with E-state index in [1.165, 1.54) is 34.6 Å². The second kappa shape index (κ2) is 18.1. The van der Waals surface area contributed by atoms with Crippen LogP contribution in [-0.2, 0) is 38.4 Å². The van der Waals surface area contributed by atoms with Gasteiger partial charge in [0.25, 0.3) is 0 Å². The summed E-state index contributed by atoms with van der Waals surface area (Å²) in [4.78, 5) is 96.3. The maximum atomic E-state index is 13.1. The molecule has 0 saturated heterocycles. The van der Waals surface area contributed by atoms with Gasteiger partial charge in [-0.2, -0.15) is 0 Å². The number of Topliss-reactive ketones (excluding diaryl/α,β-unsaturated/α-hetero) is 5. The summed E-state index contributed by atoms with van der Waals surface area (Å²) in [5.74, 6) is -2.86. The van der Waals surface area contributed by atoms with Gasteiger partial charge in [0.05, 0.1) is 12.1 Å². The Hall–Kier alpha value is -3.28. The molecule has 4 atom stereocenters. The Balaban J connectivity index is 5.53. The Morgan fingerprint density at radius 1 is 0.526 bits per heavy atom. The predicted octanol–water partition coefficient (Wildman–Crippen LogP) is 0.0946. The lowest BCUT2D eigenvalue weighted by Crippen LogP contribution is -2.54. The van der Waals surface area contributed by atoms with E-state index in [0.29, 0.717) is 0 Å². The van der Waals surface area contributed by atoms with Crippen LogP contribution in [0.1, 0.15) is 86.0 Å². The highest BCUT2D eigenvalue weighted by Crippen LogP contribution is 2.08. The van der Waals surface area contributed by atoms with Crippen LogP contribution in [-0.4, -0.2) is 77.9 Å².